The van der Waals surface area contributed by atoms with Crippen molar-refractivity contribution in [2.24, 2.45) is 17.1 Å². The van der Waals surface area contributed by atoms with Gasteiger partial charge in [-0.3, -0.25) is 14.9 Å². The number of fused-ring (bicyclic) bond motifs is 1. The quantitative estimate of drug-likeness (QED) is 0.139. The smallest absolute Gasteiger partial charge is 0.412 e. The Morgan fingerprint density at radius 1 is 1.22 bits per heavy atom. The molecule has 252 valence electrons. The Bertz CT molecular complexity index is 1410. The Morgan fingerprint density at radius 2 is 1.93 bits per heavy atom. The minimum atomic E-state index is -2.12. The molecule has 5 atom stereocenters. The number of esters is 2. The molecule has 14 heteroatoms. The predicted molar refractivity (Wildman–Crippen MR) is 165 cm³/mol. The summed E-state index contributed by atoms with van der Waals surface area (Å²) in [5, 5.41) is 29.0. The molecular formula is C32H46N6O8. The Morgan fingerprint density at radius 3 is 2.59 bits per heavy atom. The summed E-state index contributed by atoms with van der Waals surface area (Å²) in [4.78, 5) is 42.5. The fourth-order valence-electron chi connectivity index (χ4n) is 5.79. The Balaban J connectivity index is 1.61. The van der Waals surface area contributed by atoms with E-state index in [1.165, 1.54) is 10.6 Å². The zero-order valence-corrected chi connectivity index (χ0v) is 27.1. The van der Waals surface area contributed by atoms with Crippen molar-refractivity contribution in [3.63, 3.8) is 0 Å². The fraction of sp³-hybridized carbons (Fsp3) is 0.688. The maximum atomic E-state index is 13.1. The highest BCUT2D eigenvalue weighted by atomic mass is 16.6. The molecule has 0 spiro atoms. The van der Waals surface area contributed by atoms with Crippen molar-refractivity contribution in [3.8, 4) is 6.07 Å². The Hall–Kier alpha value is -3.80. The number of nitrogens with two attached hydrogens (primary N) is 1. The zero-order valence-electron chi connectivity index (χ0n) is 27.1. The normalized spacial score (nSPS) is 24.5. The van der Waals surface area contributed by atoms with Gasteiger partial charge in [0.1, 0.15) is 42.8 Å². The number of hydrogen-bond donors (Lipinski definition) is 3. The molecule has 1 saturated heterocycles. The summed E-state index contributed by atoms with van der Waals surface area (Å²) in [6.45, 7) is 7.14. The first kappa shape index (κ1) is 35.1. The van der Waals surface area contributed by atoms with E-state index in [1.54, 1.807) is 26.8 Å². The molecule has 1 amide bonds. The second kappa shape index (κ2) is 15.2. The molecule has 0 radical (unpaired) electrons. The average molecular weight is 643 g/mol. The van der Waals surface area contributed by atoms with Gasteiger partial charge in [0.2, 0.25) is 5.60 Å². The molecule has 0 aromatic carbocycles. The van der Waals surface area contributed by atoms with Gasteiger partial charge in [0, 0.05) is 6.42 Å². The molecule has 1 aliphatic heterocycles. The molecule has 1 aliphatic carbocycles. The van der Waals surface area contributed by atoms with Crippen LogP contribution in [0.2, 0.25) is 0 Å². The largest absolute Gasteiger partial charge is 0.463 e. The minimum absolute atomic E-state index is 0.0794. The topological polar surface area (TPSA) is 200 Å². The summed E-state index contributed by atoms with van der Waals surface area (Å²) in [7, 11) is 0. The summed E-state index contributed by atoms with van der Waals surface area (Å²) in [5.41, 5.74) is 3.74. The minimum Gasteiger partial charge on any atom is -0.463 e. The van der Waals surface area contributed by atoms with Gasteiger partial charge in [0.05, 0.1) is 12.3 Å². The fourth-order valence-corrected chi connectivity index (χ4v) is 5.79. The van der Waals surface area contributed by atoms with Gasteiger partial charge in [0.15, 0.2) is 11.9 Å². The van der Waals surface area contributed by atoms with Gasteiger partial charge in [-0.1, -0.05) is 59.8 Å². The van der Waals surface area contributed by atoms with Crippen LogP contribution in [0.4, 0.5) is 10.6 Å². The number of rotatable bonds is 11. The number of amides is 1. The molecule has 2 aromatic rings. The first-order valence-corrected chi connectivity index (χ1v) is 16.1. The Kier molecular flexibility index (Phi) is 11.6. The second-order valence-electron chi connectivity index (χ2n) is 13.2. The van der Waals surface area contributed by atoms with Crippen molar-refractivity contribution in [2.75, 3.05) is 18.5 Å². The second-order valence-corrected chi connectivity index (χ2v) is 13.2. The van der Waals surface area contributed by atoms with Crippen molar-refractivity contribution in [1.82, 2.24) is 14.6 Å². The molecule has 1 saturated carbocycles. The number of hydrogen-bond acceptors (Lipinski definition) is 12. The van der Waals surface area contributed by atoms with E-state index in [0.29, 0.717) is 6.42 Å². The summed E-state index contributed by atoms with van der Waals surface area (Å²) in [5.74, 6) is -0.913. The molecule has 4 rings (SSSR count). The molecule has 14 nitrogen and oxygen atoms in total. The van der Waals surface area contributed by atoms with Crippen molar-refractivity contribution < 1.29 is 38.4 Å². The van der Waals surface area contributed by atoms with E-state index >= 15 is 0 Å². The lowest BCUT2D eigenvalue weighted by molar-refractivity contribution is -0.163. The number of carbonyl (C=O) groups is 3. The lowest BCUT2D eigenvalue weighted by Crippen LogP contribution is -2.49. The van der Waals surface area contributed by atoms with Crippen LogP contribution in [0.25, 0.3) is 5.52 Å². The lowest BCUT2D eigenvalue weighted by atomic mass is 9.87. The standard InChI is InChI=1S/C32H46N6O8/c1-5-6-15-43-30(42)37-28-21-13-14-23(38(21)36-19-35-28)32(18-33)27(40)25(45-29(41)26(34)31(2,3)4)22(46-32)17-44-24(39)16-20-11-9-7-8-10-12-20/h13-14,19-20,22,25-27,40H,5-12,15-17,34H2,1-4H3,(H,35,36,37,42)/t22?,25-,26-,27-,32+/m1/s1. The van der Waals surface area contributed by atoms with E-state index in [1.807, 2.05) is 13.0 Å². The van der Waals surface area contributed by atoms with Crippen LogP contribution in [0, 0.1) is 22.7 Å². The van der Waals surface area contributed by atoms with E-state index in [0.717, 1.165) is 51.3 Å². The van der Waals surface area contributed by atoms with Crippen molar-refractivity contribution in [3.05, 3.63) is 24.2 Å². The molecule has 2 aromatic heterocycles. The third kappa shape index (κ3) is 7.94. The number of aromatic nitrogens is 3. The first-order chi connectivity index (χ1) is 21.9. The van der Waals surface area contributed by atoms with Gasteiger partial charge in [0.25, 0.3) is 0 Å². The molecule has 1 unspecified atom stereocenters. The zero-order chi connectivity index (χ0) is 33.5. The van der Waals surface area contributed by atoms with Crippen LogP contribution in [-0.4, -0.2) is 75.3 Å². The SMILES string of the molecule is CCCCOC(=O)Nc1ncnn2c([C@]3(C#N)OC(COC(=O)CC4CCCCCC4)[C@@H](OC(=O)[C@@H](N)C(C)(C)C)[C@H]3O)ccc12. The maximum Gasteiger partial charge on any atom is 0.412 e. The van der Waals surface area contributed by atoms with Gasteiger partial charge in [-0.2, -0.15) is 10.4 Å². The summed E-state index contributed by atoms with van der Waals surface area (Å²) < 4.78 is 24.0. The van der Waals surface area contributed by atoms with E-state index in [4.69, 9.17) is 24.7 Å². The molecule has 2 aliphatic rings. The van der Waals surface area contributed by atoms with Crippen LogP contribution in [0.1, 0.15) is 91.2 Å². The number of nitrogens with zero attached hydrogens (tertiary/aromatic N) is 4. The summed E-state index contributed by atoms with van der Waals surface area (Å²) in [6, 6.07) is 4.02. The number of nitrogens with one attached hydrogen (secondary N) is 1. The van der Waals surface area contributed by atoms with Crippen LogP contribution in [0.15, 0.2) is 18.5 Å². The molecule has 4 N–H and O–H groups in total. The van der Waals surface area contributed by atoms with E-state index < -0.39 is 53.4 Å². The molecule has 46 heavy (non-hydrogen) atoms. The van der Waals surface area contributed by atoms with Crippen molar-refractivity contribution in [2.45, 2.75) is 115 Å². The van der Waals surface area contributed by atoms with E-state index in [-0.39, 0.29) is 42.6 Å². The van der Waals surface area contributed by atoms with Crippen LogP contribution >= 0.6 is 0 Å². The van der Waals surface area contributed by atoms with Gasteiger partial charge < -0.3 is 29.8 Å². The van der Waals surface area contributed by atoms with Gasteiger partial charge in [-0.15, -0.1) is 0 Å². The van der Waals surface area contributed by atoms with E-state index in [2.05, 4.69) is 15.4 Å². The monoisotopic (exact) mass is 642 g/mol. The van der Waals surface area contributed by atoms with Crippen molar-refractivity contribution >= 4 is 29.4 Å². The molecular weight excluding hydrogens is 596 g/mol. The highest BCUT2D eigenvalue weighted by molar-refractivity contribution is 5.88. The predicted octanol–water partition coefficient (Wildman–Crippen LogP) is 3.75. The van der Waals surface area contributed by atoms with Crippen molar-refractivity contribution in [1.29, 1.82) is 5.26 Å². The van der Waals surface area contributed by atoms with Crippen LogP contribution in [0.3, 0.4) is 0 Å². The van der Waals surface area contributed by atoms with Crippen LogP contribution in [0.5, 0.6) is 0 Å². The summed E-state index contributed by atoms with van der Waals surface area (Å²) in [6.07, 6.45) is 4.24. The summed E-state index contributed by atoms with van der Waals surface area (Å²) >= 11 is 0. The van der Waals surface area contributed by atoms with Gasteiger partial charge in [-0.25, -0.2) is 14.3 Å². The highest BCUT2D eigenvalue weighted by Crippen LogP contribution is 2.42. The lowest BCUT2D eigenvalue weighted by Gasteiger charge is -2.29. The third-order valence-electron chi connectivity index (χ3n) is 8.66. The average Bonchev–Trinajstić information content (AvgIpc) is 3.45. The number of aliphatic hydroxyl groups excluding tert-OH is 1. The number of anilines is 1. The first-order valence-electron chi connectivity index (χ1n) is 16.1. The van der Waals surface area contributed by atoms with Crippen LogP contribution < -0.4 is 11.1 Å². The van der Waals surface area contributed by atoms with Gasteiger partial charge in [-0.05, 0) is 42.7 Å². The van der Waals surface area contributed by atoms with Gasteiger partial charge >= 0.3 is 18.0 Å². The highest BCUT2D eigenvalue weighted by Gasteiger charge is 2.60. The molecule has 0 bridgehead atoms. The maximum absolute atomic E-state index is 13.1. The third-order valence-corrected chi connectivity index (χ3v) is 8.66. The molecule has 2 fully saturated rings. The Labute approximate surface area is 268 Å². The van der Waals surface area contributed by atoms with Crippen LogP contribution in [-0.2, 0) is 34.1 Å². The molecule has 3 heterocycles. The number of carbonyl (C=O) groups excluding carboxylic acids is 3. The number of ether oxygens (including phenoxy) is 4. The number of unbranched alkanes of at least 4 members (excludes halogenated alkanes) is 1. The number of aliphatic hydroxyl groups is 1. The van der Waals surface area contributed by atoms with E-state index in [9.17, 15) is 24.8 Å². The number of nitriles is 1.